The molecular weight excluding hydrogens is 522 g/mol. The lowest BCUT2D eigenvalue weighted by Crippen LogP contribution is -2.51. The lowest BCUT2D eigenvalue weighted by atomic mass is 10.1. The van der Waals surface area contributed by atoms with Gasteiger partial charge in [-0.1, -0.05) is 66.9 Å². The number of hydrogen-bond acceptors (Lipinski definition) is 4. The Kier molecular flexibility index (Phi) is 10.5. The summed E-state index contributed by atoms with van der Waals surface area (Å²) < 4.78 is 29.1. The molecule has 0 aliphatic heterocycles. The molecule has 40 heavy (non-hydrogen) atoms. The summed E-state index contributed by atoms with van der Waals surface area (Å²) >= 11 is 0. The number of nitrogens with zero attached hydrogens (tertiary/aromatic N) is 2. The Labute approximate surface area is 239 Å². The predicted molar refractivity (Wildman–Crippen MR) is 161 cm³/mol. The van der Waals surface area contributed by atoms with E-state index in [0.717, 1.165) is 45.0 Å². The van der Waals surface area contributed by atoms with Crippen molar-refractivity contribution in [2.45, 2.75) is 71.9 Å². The number of sulfonamides is 1. The third kappa shape index (κ3) is 7.94. The van der Waals surface area contributed by atoms with Crippen LogP contribution in [0.15, 0.2) is 71.6 Å². The Morgan fingerprint density at radius 1 is 0.850 bits per heavy atom. The largest absolute Gasteiger partial charge is 0.354 e. The number of amides is 2. The zero-order valence-corrected chi connectivity index (χ0v) is 25.2. The second-order valence-electron chi connectivity index (χ2n) is 10.5. The molecule has 1 N–H and O–H groups in total. The maximum absolute atomic E-state index is 14.0. The van der Waals surface area contributed by atoms with Crippen molar-refractivity contribution in [1.29, 1.82) is 0 Å². The van der Waals surface area contributed by atoms with Crippen molar-refractivity contribution in [1.82, 2.24) is 10.2 Å². The molecule has 7 nitrogen and oxygen atoms in total. The molecule has 1 unspecified atom stereocenters. The molecule has 0 fully saturated rings. The molecule has 3 rings (SSSR count). The molecule has 0 saturated heterocycles. The maximum atomic E-state index is 14.0. The molecular formula is C32H41N3O4S. The first-order valence-electron chi connectivity index (χ1n) is 13.7. The van der Waals surface area contributed by atoms with E-state index in [1.807, 2.05) is 65.0 Å². The molecule has 0 aliphatic carbocycles. The number of carbonyl (C=O) groups excluding carboxylic acids is 2. The summed E-state index contributed by atoms with van der Waals surface area (Å²) in [6, 6.07) is 19.0. The minimum atomic E-state index is -4.09. The van der Waals surface area contributed by atoms with Crippen molar-refractivity contribution in [2.75, 3.05) is 17.4 Å². The molecule has 0 spiro atoms. The van der Waals surface area contributed by atoms with Gasteiger partial charge in [-0.05, 0) is 82.0 Å². The summed E-state index contributed by atoms with van der Waals surface area (Å²) in [5.74, 6) is -0.733. The van der Waals surface area contributed by atoms with Crippen molar-refractivity contribution in [3.05, 3.63) is 94.5 Å². The summed E-state index contributed by atoms with van der Waals surface area (Å²) in [7, 11) is -4.09. The van der Waals surface area contributed by atoms with E-state index in [1.54, 1.807) is 43.3 Å². The van der Waals surface area contributed by atoms with Crippen LogP contribution in [0, 0.1) is 27.7 Å². The summed E-state index contributed by atoms with van der Waals surface area (Å²) in [6.45, 7) is 11.6. The number of benzene rings is 3. The number of hydrogen-bond donors (Lipinski definition) is 1. The van der Waals surface area contributed by atoms with Gasteiger partial charge >= 0.3 is 0 Å². The first-order chi connectivity index (χ1) is 18.9. The molecule has 8 heteroatoms. The van der Waals surface area contributed by atoms with E-state index in [1.165, 1.54) is 4.90 Å². The van der Waals surface area contributed by atoms with E-state index in [4.69, 9.17) is 0 Å². The number of unbranched alkanes of at least 4 members (excludes halogenated alkanes) is 1. The van der Waals surface area contributed by atoms with Crippen LogP contribution in [0.25, 0.3) is 0 Å². The van der Waals surface area contributed by atoms with E-state index >= 15 is 0 Å². The van der Waals surface area contributed by atoms with Crippen LogP contribution in [-0.2, 0) is 26.2 Å². The first-order valence-corrected chi connectivity index (χ1v) is 15.2. The smallest absolute Gasteiger partial charge is 0.264 e. The quantitative estimate of drug-likeness (QED) is 0.297. The zero-order valence-electron chi connectivity index (χ0n) is 24.4. The van der Waals surface area contributed by atoms with Gasteiger partial charge in [-0.15, -0.1) is 0 Å². The Bertz CT molecular complexity index is 1410. The van der Waals surface area contributed by atoms with Crippen molar-refractivity contribution in [3.63, 3.8) is 0 Å². The molecule has 0 aromatic heterocycles. The second-order valence-corrected chi connectivity index (χ2v) is 12.4. The molecule has 0 bridgehead atoms. The van der Waals surface area contributed by atoms with Crippen LogP contribution < -0.4 is 9.62 Å². The average molecular weight is 564 g/mol. The van der Waals surface area contributed by atoms with Gasteiger partial charge in [0.05, 0.1) is 10.6 Å². The molecule has 0 aliphatic rings. The van der Waals surface area contributed by atoms with Gasteiger partial charge in [-0.2, -0.15) is 0 Å². The molecule has 0 saturated carbocycles. The van der Waals surface area contributed by atoms with Crippen LogP contribution in [0.5, 0.6) is 0 Å². The normalized spacial score (nSPS) is 12.1. The third-order valence-electron chi connectivity index (χ3n) is 6.81. The molecule has 3 aromatic rings. The van der Waals surface area contributed by atoms with Gasteiger partial charge in [-0.3, -0.25) is 13.9 Å². The van der Waals surface area contributed by atoms with Crippen LogP contribution >= 0.6 is 0 Å². The van der Waals surface area contributed by atoms with Crippen LogP contribution in [0.1, 0.15) is 54.5 Å². The Morgan fingerprint density at radius 2 is 1.50 bits per heavy atom. The number of rotatable bonds is 12. The van der Waals surface area contributed by atoms with Crippen LogP contribution in [0.3, 0.4) is 0 Å². The van der Waals surface area contributed by atoms with Gasteiger partial charge in [0.15, 0.2) is 0 Å². The standard InChI is InChI=1S/C32H41N3O4S/c1-7-8-16-33-32(37)27(6)34(21-28-11-9-10-24(3)18-28)31(36)22-35(29-19-25(4)17-26(5)20-29)40(38,39)30-14-12-23(2)13-15-30/h9-15,17-20,27H,7-8,16,21-22H2,1-6H3,(H,33,37). The van der Waals surface area contributed by atoms with Crippen molar-refractivity contribution < 1.29 is 18.0 Å². The summed E-state index contributed by atoms with van der Waals surface area (Å²) in [5.41, 5.74) is 4.99. The van der Waals surface area contributed by atoms with Gasteiger partial charge in [0.1, 0.15) is 12.6 Å². The zero-order chi connectivity index (χ0) is 29.4. The van der Waals surface area contributed by atoms with Gasteiger partial charge < -0.3 is 10.2 Å². The van der Waals surface area contributed by atoms with Gasteiger partial charge in [0.25, 0.3) is 10.0 Å². The number of aryl methyl sites for hydroxylation is 4. The molecule has 0 heterocycles. The summed E-state index contributed by atoms with van der Waals surface area (Å²) in [5, 5.41) is 2.91. The number of carbonyl (C=O) groups is 2. The fourth-order valence-corrected chi connectivity index (χ4v) is 5.98. The highest BCUT2D eigenvalue weighted by Gasteiger charge is 2.32. The molecule has 2 amide bonds. The highest BCUT2D eigenvalue weighted by atomic mass is 32.2. The lowest BCUT2D eigenvalue weighted by molar-refractivity contribution is -0.139. The molecule has 3 aromatic carbocycles. The van der Waals surface area contributed by atoms with E-state index in [9.17, 15) is 18.0 Å². The predicted octanol–water partition coefficient (Wildman–Crippen LogP) is 5.45. The minimum absolute atomic E-state index is 0.0978. The highest BCUT2D eigenvalue weighted by molar-refractivity contribution is 7.92. The Morgan fingerprint density at radius 3 is 2.10 bits per heavy atom. The third-order valence-corrected chi connectivity index (χ3v) is 8.60. The van der Waals surface area contributed by atoms with Gasteiger partial charge in [-0.25, -0.2) is 8.42 Å². The first kappa shape index (κ1) is 30.9. The van der Waals surface area contributed by atoms with E-state index in [0.29, 0.717) is 12.2 Å². The molecule has 1 atom stereocenters. The molecule has 0 radical (unpaired) electrons. The van der Waals surface area contributed by atoms with Crippen LogP contribution in [0.4, 0.5) is 5.69 Å². The van der Waals surface area contributed by atoms with E-state index in [2.05, 4.69) is 5.32 Å². The van der Waals surface area contributed by atoms with E-state index in [-0.39, 0.29) is 17.3 Å². The van der Waals surface area contributed by atoms with E-state index < -0.39 is 28.5 Å². The fourth-order valence-electron chi connectivity index (χ4n) is 4.59. The average Bonchev–Trinajstić information content (AvgIpc) is 2.89. The monoisotopic (exact) mass is 563 g/mol. The number of nitrogens with one attached hydrogen (secondary N) is 1. The van der Waals surface area contributed by atoms with Crippen molar-refractivity contribution in [2.24, 2.45) is 0 Å². The SMILES string of the molecule is CCCCNC(=O)C(C)N(Cc1cccc(C)c1)C(=O)CN(c1cc(C)cc(C)c1)S(=O)(=O)c1ccc(C)cc1. The fraction of sp³-hybridized carbons (Fsp3) is 0.375. The maximum Gasteiger partial charge on any atom is 0.264 e. The second kappa shape index (κ2) is 13.6. The Hall–Kier alpha value is -3.65. The van der Waals surface area contributed by atoms with Crippen LogP contribution in [0.2, 0.25) is 0 Å². The van der Waals surface area contributed by atoms with Crippen molar-refractivity contribution >= 4 is 27.5 Å². The van der Waals surface area contributed by atoms with Gasteiger partial charge in [0.2, 0.25) is 11.8 Å². The molecule has 214 valence electrons. The summed E-state index contributed by atoms with van der Waals surface area (Å²) in [6.07, 6.45) is 1.77. The van der Waals surface area contributed by atoms with Gasteiger partial charge in [0, 0.05) is 13.1 Å². The van der Waals surface area contributed by atoms with Crippen molar-refractivity contribution in [3.8, 4) is 0 Å². The number of anilines is 1. The topological polar surface area (TPSA) is 86.8 Å². The highest BCUT2D eigenvalue weighted by Crippen LogP contribution is 2.27. The minimum Gasteiger partial charge on any atom is -0.354 e. The van der Waals surface area contributed by atoms with Crippen LogP contribution in [-0.4, -0.2) is 44.3 Å². The Balaban J connectivity index is 2.03. The lowest BCUT2D eigenvalue weighted by Gasteiger charge is -2.32. The summed E-state index contributed by atoms with van der Waals surface area (Å²) in [4.78, 5) is 28.7.